The number of para-hydroxylation sites is 2. The maximum atomic E-state index is 11.5. The van der Waals surface area contributed by atoms with Gasteiger partial charge >= 0.3 is 0 Å². The lowest BCUT2D eigenvalue weighted by Gasteiger charge is -2.11. The van der Waals surface area contributed by atoms with Crippen LogP contribution in [0.5, 0.6) is 0 Å². The smallest absolute Gasteiger partial charge is 0.219 e. The normalized spacial score (nSPS) is 11.1. The molecule has 0 fully saturated rings. The molecule has 154 valence electrons. The third-order valence-corrected chi connectivity index (χ3v) is 5.67. The number of nitrogens with one attached hydrogen (secondary N) is 1. The van der Waals surface area contributed by atoms with E-state index in [9.17, 15) is 4.79 Å². The Morgan fingerprint density at radius 2 is 1.90 bits per heavy atom. The van der Waals surface area contributed by atoms with Gasteiger partial charge in [-0.2, -0.15) is 0 Å². The lowest BCUT2D eigenvalue weighted by molar-refractivity contribution is -0.121. The monoisotopic (exact) mass is 431 g/mol. The Kier molecular flexibility index (Phi) is 7.96. The van der Waals surface area contributed by atoms with Gasteiger partial charge in [0.25, 0.3) is 0 Å². The number of unbranched alkanes of at least 4 members (excludes halogenated alkanes) is 2. The molecule has 0 spiro atoms. The minimum atomic E-state index is 0.149. The van der Waals surface area contributed by atoms with Crippen LogP contribution in [-0.2, 0) is 17.8 Å². The van der Waals surface area contributed by atoms with Crippen LogP contribution in [0.2, 0.25) is 10.0 Å². The van der Waals surface area contributed by atoms with Gasteiger partial charge in [-0.1, -0.05) is 54.7 Å². The van der Waals surface area contributed by atoms with E-state index in [4.69, 9.17) is 28.2 Å². The number of fused-ring (bicyclic) bond motifs is 1. The predicted octanol–water partition coefficient (Wildman–Crippen LogP) is 6.02. The van der Waals surface area contributed by atoms with Crippen molar-refractivity contribution >= 4 is 40.1 Å². The Morgan fingerprint density at radius 3 is 2.69 bits per heavy atom. The van der Waals surface area contributed by atoms with Crippen molar-refractivity contribution in [2.75, 3.05) is 6.54 Å². The van der Waals surface area contributed by atoms with Crippen LogP contribution in [0.25, 0.3) is 11.0 Å². The number of imidazole rings is 1. The fraction of sp³-hybridized carbons (Fsp3) is 0.391. The highest BCUT2D eigenvalue weighted by atomic mass is 35.5. The van der Waals surface area contributed by atoms with Crippen molar-refractivity contribution in [3.8, 4) is 0 Å². The molecule has 1 amide bonds. The molecule has 0 aliphatic heterocycles. The minimum Gasteiger partial charge on any atom is -0.356 e. The van der Waals surface area contributed by atoms with E-state index in [1.807, 2.05) is 43.3 Å². The number of carbonyl (C=O) groups is 1. The van der Waals surface area contributed by atoms with Gasteiger partial charge in [0.15, 0.2) is 0 Å². The number of hydrogen-bond acceptors (Lipinski definition) is 2. The van der Waals surface area contributed by atoms with E-state index >= 15 is 0 Å². The van der Waals surface area contributed by atoms with E-state index in [-0.39, 0.29) is 5.91 Å². The summed E-state index contributed by atoms with van der Waals surface area (Å²) in [6, 6.07) is 14.0. The van der Waals surface area contributed by atoms with Gasteiger partial charge < -0.3 is 9.88 Å². The summed E-state index contributed by atoms with van der Waals surface area (Å²) in [5.41, 5.74) is 3.23. The molecule has 2 aromatic carbocycles. The first kappa shape index (κ1) is 21.7. The molecular formula is C23H27Cl2N3O. The number of aromatic nitrogens is 2. The average molecular weight is 432 g/mol. The second kappa shape index (κ2) is 10.7. The zero-order valence-electron chi connectivity index (χ0n) is 16.8. The molecule has 6 heteroatoms. The summed E-state index contributed by atoms with van der Waals surface area (Å²) in [5.74, 6) is 1.23. The average Bonchev–Trinajstić information content (AvgIpc) is 3.05. The Hall–Kier alpha value is -2.04. The van der Waals surface area contributed by atoms with Crippen molar-refractivity contribution < 1.29 is 4.79 Å². The molecule has 0 saturated heterocycles. The topological polar surface area (TPSA) is 46.9 Å². The Morgan fingerprint density at radius 1 is 1.07 bits per heavy atom. The number of halogens is 2. The van der Waals surface area contributed by atoms with Gasteiger partial charge in [-0.3, -0.25) is 4.79 Å². The number of aryl methyl sites for hydroxylation is 1. The van der Waals surface area contributed by atoms with Gasteiger partial charge in [0.2, 0.25) is 5.91 Å². The zero-order chi connectivity index (χ0) is 20.6. The van der Waals surface area contributed by atoms with E-state index < -0.39 is 0 Å². The quantitative estimate of drug-likeness (QED) is 0.398. The van der Waals surface area contributed by atoms with Crippen LogP contribution in [0.1, 0.15) is 50.4 Å². The van der Waals surface area contributed by atoms with Crippen molar-refractivity contribution in [3.05, 3.63) is 63.9 Å². The van der Waals surface area contributed by atoms with E-state index in [1.165, 1.54) is 0 Å². The Labute approximate surface area is 182 Å². The van der Waals surface area contributed by atoms with Crippen LogP contribution in [0, 0.1) is 0 Å². The van der Waals surface area contributed by atoms with E-state index in [1.54, 1.807) is 0 Å². The molecule has 1 heterocycles. The molecule has 29 heavy (non-hydrogen) atoms. The van der Waals surface area contributed by atoms with Gasteiger partial charge in [0, 0.05) is 25.9 Å². The summed E-state index contributed by atoms with van der Waals surface area (Å²) < 4.78 is 2.26. The molecule has 0 aliphatic carbocycles. The molecule has 0 atom stereocenters. The summed E-state index contributed by atoms with van der Waals surface area (Å²) in [7, 11) is 0. The minimum absolute atomic E-state index is 0.149. The van der Waals surface area contributed by atoms with Crippen molar-refractivity contribution in [1.29, 1.82) is 0 Å². The summed E-state index contributed by atoms with van der Waals surface area (Å²) in [5, 5.41) is 4.11. The van der Waals surface area contributed by atoms with Crippen LogP contribution >= 0.6 is 23.2 Å². The van der Waals surface area contributed by atoms with Crippen molar-refractivity contribution in [2.24, 2.45) is 0 Å². The SMILES string of the molecule is CCCC(=O)NCCCCCc1nc2ccccc2n1Cc1ccc(Cl)c(Cl)c1. The molecule has 0 bridgehead atoms. The molecular weight excluding hydrogens is 405 g/mol. The van der Waals surface area contributed by atoms with Crippen LogP contribution in [-0.4, -0.2) is 22.0 Å². The van der Waals surface area contributed by atoms with Gasteiger partial charge in [0.1, 0.15) is 5.82 Å². The van der Waals surface area contributed by atoms with Crippen molar-refractivity contribution in [1.82, 2.24) is 14.9 Å². The van der Waals surface area contributed by atoms with Gasteiger partial charge in [-0.15, -0.1) is 0 Å². The lowest BCUT2D eigenvalue weighted by atomic mass is 10.1. The summed E-state index contributed by atoms with van der Waals surface area (Å²) in [6.45, 7) is 3.47. The molecule has 0 unspecified atom stereocenters. The fourth-order valence-corrected chi connectivity index (χ4v) is 3.76. The number of rotatable bonds is 10. The second-order valence-corrected chi connectivity index (χ2v) is 8.08. The van der Waals surface area contributed by atoms with Crippen LogP contribution in [0.3, 0.4) is 0 Å². The number of amides is 1. The van der Waals surface area contributed by atoms with E-state index in [2.05, 4.69) is 16.0 Å². The highest BCUT2D eigenvalue weighted by Crippen LogP contribution is 2.25. The first-order valence-corrected chi connectivity index (χ1v) is 11.0. The van der Waals surface area contributed by atoms with Crippen LogP contribution in [0.4, 0.5) is 0 Å². The molecule has 0 aliphatic rings. The number of benzene rings is 2. The predicted molar refractivity (Wildman–Crippen MR) is 121 cm³/mol. The van der Waals surface area contributed by atoms with Gasteiger partial charge in [-0.25, -0.2) is 4.98 Å². The largest absolute Gasteiger partial charge is 0.356 e. The number of nitrogens with zero attached hydrogens (tertiary/aromatic N) is 2. The standard InChI is InChI=1S/C23H27Cl2N3O/c1-2-8-23(29)26-14-7-3-4-11-22-27-20-9-5-6-10-21(20)28(22)16-17-12-13-18(24)19(25)15-17/h5-6,9-10,12-13,15H,2-4,7-8,11,14,16H2,1H3,(H,26,29). The highest BCUT2D eigenvalue weighted by molar-refractivity contribution is 6.42. The Bertz CT molecular complexity index is 968. The molecule has 1 N–H and O–H groups in total. The summed E-state index contributed by atoms with van der Waals surface area (Å²) in [4.78, 5) is 16.4. The molecule has 3 aromatic rings. The maximum absolute atomic E-state index is 11.5. The first-order valence-electron chi connectivity index (χ1n) is 10.2. The van der Waals surface area contributed by atoms with Crippen LogP contribution in [0.15, 0.2) is 42.5 Å². The van der Waals surface area contributed by atoms with E-state index in [0.29, 0.717) is 23.0 Å². The molecule has 0 saturated carbocycles. The number of carbonyl (C=O) groups excluding carboxylic acids is 1. The van der Waals surface area contributed by atoms with E-state index in [0.717, 1.165) is 61.1 Å². The third kappa shape index (κ3) is 5.97. The summed E-state index contributed by atoms with van der Waals surface area (Å²) >= 11 is 12.3. The fourth-order valence-electron chi connectivity index (χ4n) is 3.44. The van der Waals surface area contributed by atoms with Crippen LogP contribution < -0.4 is 5.32 Å². The van der Waals surface area contributed by atoms with Crippen molar-refractivity contribution in [3.63, 3.8) is 0 Å². The highest BCUT2D eigenvalue weighted by Gasteiger charge is 2.11. The number of hydrogen-bond donors (Lipinski definition) is 1. The first-order chi connectivity index (χ1) is 14.1. The van der Waals surface area contributed by atoms with Gasteiger partial charge in [0.05, 0.1) is 21.1 Å². The van der Waals surface area contributed by atoms with Gasteiger partial charge in [-0.05, 0) is 49.1 Å². The lowest BCUT2D eigenvalue weighted by Crippen LogP contribution is -2.23. The second-order valence-electron chi connectivity index (χ2n) is 7.26. The Balaban J connectivity index is 1.64. The molecule has 0 radical (unpaired) electrons. The maximum Gasteiger partial charge on any atom is 0.219 e. The molecule has 4 nitrogen and oxygen atoms in total. The molecule has 1 aromatic heterocycles. The third-order valence-electron chi connectivity index (χ3n) is 4.93. The summed E-state index contributed by atoms with van der Waals surface area (Å²) in [6.07, 6.45) is 5.48. The zero-order valence-corrected chi connectivity index (χ0v) is 18.3. The van der Waals surface area contributed by atoms with Crippen molar-refractivity contribution in [2.45, 2.75) is 52.0 Å². The molecule has 3 rings (SSSR count).